The summed E-state index contributed by atoms with van der Waals surface area (Å²) in [4.78, 5) is 10.9. The van der Waals surface area contributed by atoms with E-state index in [2.05, 4.69) is 10.0 Å². The number of rotatable bonds is 5. The van der Waals surface area contributed by atoms with Gasteiger partial charge in [0.25, 0.3) is 0 Å². The first-order valence-corrected chi connectivity index (χ1v) is 7.59. The standard InChI is InChI=1S/C14H14N2O4S/c17-14(18)15-13(11-7-3-1-4-8-11)16-21(19,20)12-9-5-2-6-10-12/h1-10,13,15-16H,(H,17,18). The monoisotopic (exact) mass is 306 g/mol. The Hall–Kier alpha value is -2.38. The molecule has 0 aliphatic carbocycles. The SMILES string of the molecule is O=C(O)NC(NS(=O)(=O)c1ccccc1)c1ccccc1. The predicted molar refractivity (Wildman–Crippen MR) is 77.1 cm³/mol. The van der Waals surface area contributed by atoms with E-state index in [1.807, 2.05) is 0 Å². The molecular formula is C14H14N2O4S. The Morgan fingerprint density at radius 3 is 2.00 bits per heavy atom. The molecule has 0 fully saturated rings. The van der Waals surface area contributed by atoms with E-state index in [1.165, 1.54) is 12.1 Å². The minimum absolute atomic E-state index is 0.0677. The van der Waals surface area contributed by atoms with Crippen LogP contribution in [-0.4, -0.2) is 19.6 Å². The van der Waals surface area contributed by atoms with Gasteiger partial charge in [-0.3, -0.25) is 0 Å². The molecule has 1 amide bonds. The highest BCUT2D eigenvalue weighted by Gasteiger charge is 2.22. The lowest BCUT2D eigenvalue weighted by molar-refractivity contribution is 0.189. The Balaban J connectivity index is 2.29. The van der Waals surface area contributed by atoms with Crippen LogP contribution in [0.2, 0.25) is 0 Å². The van der Waals surface area contributed by atoms with E-state index in [9.17, 15) is 13.2 Å². The second-order valence-corrected chi connectivity index (χ2v) is 5.94. The summed E-state index contributed by atoms with van der Waals surface area (Å²) in [6.45, 7) is 0. The Kier molecular flexibility index (Phi) is 4.56. The molecule has 0 aromatic heterocycles. The zero-order chi connectivity index (χ0) is 15.3. The van der Waals surface area contributed by atoms with Gasteiger partial charge < -0.3 is 10.4 Å². The number of nitrogens with one attached hydrogen (secondary N) is 2. The molecule has 1 atom stereocenters. The fraction of sp³-hybridized carbons (Fsp3) is 0.0714. The largest absolute Gasteiger partial charge is 0.465 e. The van der Waals surface area contributed by atoms with Crippen molar-refractivity contribution in [3.8, 4) is 0 Å². The molecule has 110 valence electrons. The van der Waals surface area contributed by atoms with Crippen LogP contribution in [0.15, 0.2) is 65.6 Å². The van der Waals surface area contributed by atoms with Gasteiger partial charge in [-0.15, -0.1) is 0 Å². The summed E-state index contributed by atoms with van der Waals surface area (Å²) in [6, 6.07) is 16.2. The van der Waals surface area contributed by atoms with Crippen LogP contribution in [0, 0.1) is 0 Å². The molecule has 7 heteroatoms. The van der Waals surface area contributed by atoms with Gasteiger partial charge in [0.05, 0.1) is 4.90 Å². The fourth-order valence-electron chi connectivity index (χ4n) is 1.77. The normalized spacial score (nSPS) is 12.6. The number of carbonyl (C=O) groups is 1. The molecule has 0 saturated carbocycles. The van der Waals surface area contributed by atoms with Crippen molar-refractivity contribution >= 4 is 16.1 Å². The van der Waals surface area contributed by atoms with Gasteiger partial charge in [-0.25, -0.2) is 13.2 Å². The third-order valence-corrected chi connectivity index (χ3v) is 4.17. The van der Waals surface area contributed by atoms with Crippen molar-refractivity contribution in [3.63, 3.8) is 0 Å². The molecule has 2 aromatic rings. The Labute approximate surface area is 122 Å². The van der Waals surface area contributed by atoms with E-state index in [-0.39, 0.29) is 4.90 Å². The fourth-order valence-corrected chi connectivity index (χ4v) is 2.93. The quantitative estimate of drug-likeness (QED) is 0.736. The van der Waals surface area contributed by atoms with Crippen molar-refractivity contribution in [2.24, 2.45) is 0 Å². The first kappa shape index (κ1) is 15.0. The second-order valence-electron chi connectivity index (χ2n) is 4.23. The number of carboxylic acid groups (broad SMARTS) is 1. The summed E-state index contributed by atoms with van der Waals surface area (Å²) in [5.41, 5.74) is 0.499. The molecule has 0 bridgehead atoms. The van der Waals surface area contributed by atoms with Crippen LogP contribution in [0.5, 0.6) is 0 Å². The first-order valence-electron chi connectivity index (χ1n) is 6.11. The lowest BCUT2D eigenvalue weighted by Gasteiger charge is -2.19. The average molecular weight is 306 g/mol. The number of sulfonamides is 1. The minimum Gasteiger partial charge on any atom is -0.465 e. The molecule has 2 aromatic carbocycles. The average Bonchev–Trinajstić information content (AvgIpc) is 2.48. The topological polar surface area (TPSA) is 95.5 Å². The van der Waals surface area contributed by atoms with Crippen LogP contribution in [0.25, 0.3) is 0 Å². The van der Waals surface area contributed by atoms with Crippen molar-refractivity contribution in [1.82, 2.24) is 10.0 Å². The smallest absolute Gasteiger partial charge is 0.406 e. The molecule has 6 nitrogen and oxygen atoms in total. The molecule has 0 aliphatic rings. The van der Waals surface area contributed by atoms with Crippen LogP contribution in [0.1, 0.15) is 11.7 Å². The Morgan fingerprint density at radius 2 is 1.48 bits per heavy atom. The number of hydrogen-bond donors (Lipinski definition) is 3. The highest BCUT2D eigenvalue weighted by molar-refractivity contribution is 7.89. The van der Waals surface area contributed by atoms with Crippen molar-refractivity contribution < 1.29 is 18.3 Å². The van der Waals surface area contributed by atoms with E-state index in [4.69, 9.17) is 5.11 Å². The molecule has 2 rings (SSSR count). The third-order valence-electron chi connectivity index (χ3n) is 2.73. The van der Waals surface area contributed by atoms with Crippen molar-refractivity contribution in [2.45, 2.75) is 11.1 Å². The summed E-state index contributed by atoms with van der Waals surface area (Å²) in [6.07, 6.45) is -2.38. The molecule has 0 heterocycles. The predicted octanol–water partition coefficient (Wildman–Crippen LogP) is 1.93. The lowest BCUT2D eigenvalue weighted by atomic mass is 10.2. The van der Waals surface area contributed by atoms with Gasteiger partial charge in [0.2, 0.25) is 10.0 Å². The number of benzene rings is 2. The molecule has 0 saturated heterocycles. The van der Waals surface area contributed by atoms with Crippen LogP contribution in [-0.2, 0) is 10.0 Å². The second kappa shape index (κ2) is 6.38. The summed E-state index contributed by atoms with van der Waals surface area (Å²) in [5.74, 6) is 0. The van der Waals surface area contributed by atoms with E-state index in [0.29, 0.717) is 5.56 Å². The highest BCUT2D eigenvalue weighted by Crippen LogP contribution is 2.15. The van der Waals surface area contributed by atoms with Gasteiger partial charge >= 0.3 is 6.09 Å². The van der Waals surface area contributed by atoms with Gasteiger partial charge in [-0.1, -0.05) is 48.5 Å². The molecule has 21 heavy (non-hydrogen) atoms. The summed E-state index contributed by atoms with van der Waals surface area (Å²) in [5, 5.41) is 11.0. The maximum absolute atomic E-state index is 12.3. The summed E-state index contributed by atoms with van der Waals surface area (Å²) in [7, 11) is -3.83. The van der Waals surface area contributed by atoms with Crippen molar-refractivity contribution in [3.05, 3.63) is 66.2 Å². The van der Waals surface area contributed by atoms with Crippen molar-refractivity contribution in [2.75, 3.05) is 0 Å². The first-order chi connectivity index (χ1) is 9.99. The van der Waals surface area contributed by atoms with Crippen LogP contribution >= 0.6 is 0 Å². The van der Waals surface area contributed by atoms with Crippen LogP contribution in [0.3, 0.4) is 0 Å². The maximum atomic E-state index is 12.3. The van der Waals surface area contributed by atoms with E-state index < -0.39 is 22.3 Å². The van der Waals surface area contributed by atoms with E-state index >= 15 is 0 Å². The minimum atomic E-state index is -3.83. The molecular weight excluding hydrogens is 292 g/mol. The van der Waals surface area contributed by atoms with Gasteiger partial charge in [-0.05, 0) is 17.7 Å². The summed E-state index contributed by atoms with van der Waals surface area (Å²) < 4.78 is 26.8. The Bertz CT molecular complexity index is 702. The highest BCUT2D eigenvalue weighted by atomic mass is 32.2. The molecule has 0 spiro atoms. The van der Waals surface area contributed by atoms with E-state index in [1.54, 1.807) is 48.5 Å². The van der Waals surface area contributed by atoms with Gasteiger partial charge in [0, 0.05) is 0 Å². The van der Waals surface area contributed by atoms with E-state index in [0.717, 1.165) is 0 Å². The van der Waals surface area contributed by atoms with Gasteiger partial charge in [0.15, 0.2) is 0 Å². The maximum Gasteiger partial charge on any atom is 0.406 e. The molecule has 0 aliphatic heterocycles. The lowest BCUT2D eigenvalue weighted by Crippen LogP contribution is -2.40. The molecule has 0 radical (unpaired) electrons. The molecule has 1 unspecified atom stereocenters. The molecule has 3 N–H and O–H groups in total. The Morgan fingerprint density at radius 1 is 0.952 bits per heavy atom. The van der Waals surface area contributed by atoms with Gasteiger partial charge in [0.1, 0.15) is 6.17 Å². The van der Waals surface area contributed by atoms with Crippen LogP contribution in [0.4, 0.5) is 4.79 Å². The third kappa shape index (κ3) is 4.04. The van der Waals surface area contributed by atoms with Crippen molar-refractivity contribution in [1.29, 1.82) is 0 Å². The number of amides is 1. The zero-order valence-electron chi connectivity index (χ0n) is 10.9. The van der Waals surface area contributed by atoms with Crippen LogP contribution < -0.4 is 10.0 Å². The number of hydrogen-bond acceptors (Lipinski definition) is 3. The van der Waals surface area contributed by atoms with Gasteiger partial charge in [-0.2, -0.15) is 4.72 Å². The summed E-state index contributed by atoms with van der Waals surface area (Å²) >= 11 is 0. The zero-order valence-corrected chi connectivity index (χ0v) is 11.7.